The van der Waals surface area contributed by atoms with E-state index in [1.165, 1.54) is 64.3 Å². The summed E-state index contributed by atoms with van der Waals surface area (Å²) in [5.74, 6) is -0.828. The number of piperidine rings is 1. The summed E-state index contributed by atoms with van der Waals surface area (Å²) in [7, 11) is 0. The number of para-hydroxylation sites is 2. The summed E-state index contributed by atoms with van der Waals surface area (Å²) in [5, 5.41) is 9.52. The fourth-order valence-corrected chi connectivity index (χ4v) is 9.96. The van der Waals surface area contributed by atoms with Crippen molar-refractivity contribution in [2.75, 3.05) is 37.6 Å². The Labute approximate surface area is 355 Å². The smallest absolute Gasteiger partial charge is 0.303 e. The van der Waals surface area contributed by atoms with Gasteiger partial charge in [-0.05, 0) is 108 Å². The summed E-state index contributed by atoms with van der Waals surface area (Å²) in [6.07, 6.45) is 19.4. The highest BCUT2D eigenvalue weighted by atomic mass is 35.5. The quantitative estimate of drug-likeness (QED) is 0.175. The van der Waals surface area contributed by atoms with E-state index in [4.69, 9.17) is 0 Å². The van der Waals surface area contributed by atoms with E-state index in [1.807, 2.05) is 0 Å². The molecule has 1 saturated heterocycles. The van der Waals surface area contributed by atoms with Crippen LogP contribution in [0.2, 0.25) is 0 Å². The lowest BCUT2D eigenvalue weighted by Crippen LogP contribution is -3.00. The maximum absolute atomic E-state index is 14.6. The lowest BCUT2D eigenvalue weighted by atomic mass is 9.81. The molecule has 0 aromatic heterocycles. The molecule has 6 rings (SSSR count). The fourth-order valence-electron chi connectivity index (χ4n) is 9.96. The van der Waals surface area contributed by atoms with Gasteiger partial charge in [-0.3, -0.25) is 9.59 Å². The minimum atomic E-state index is -0.855. The van der Waals surface area contributed by atoms with E-state index in [0.717, 1.165) is 70.4 Å². The molecule has 1 atom stereocenters. The van der Waals surface area contributed by atoms with E-state index in [-0.39, 0.29) is 42.0 Å². The summed E-state index contributed by atoms with van der Waals surface area (Å²) < 4.78 is 2.49. The molecule has 1 amide bonds. The van der Waals surface area contributed by atoms with Crippen molar-refractivity contribution < 1.29 is 31.7 Å². The predicted molar refractivity (Wildman–Crippen MR) is 236 cm³/mol. The maximum Gasteiger partial charge on any atom is 0.303 e. The minimum Gasteiger partial charge on any atom is -1.00 e. The Bertz CT molecular complexity index is 1950. The van der Waals surface area contributed by atoms with Crippen molar-refractivity contribution in [1.82, 2.24) is 9.80 Å². The minimum absolute atomic E-state index is 0. The number of aliphatic carboxylic acids is 1. The molecule has 2 aromatic carbocycles. The third kappa shape index (κ3) is 9.57. The van der Waals surface area contributed by atoms with Gasteiger partial charge >= 0.3 is 5.97 Å². The van der Waals surface area contributed by atoms with Crippen LogP contribution < -0.4 is 17.3 Å². The number of halogens is 1. The van der Waals surface area contributed by atoms with Crippen molar-refractivity contribution in [1.29, 1.82) is 0 Å². The Morgan fingerprint density at radius 2 is 1.60 bits per heavy atom. The molecular formula is C50H69ClN4O3. The van der Waals surface area contributed by atoms with Crippen LogP contribution in [0.1, 0.15) is 137 Å². The number of nitrogens with zero attached hydrogens (tertiary/aromatic N) is 4. The number of amides is 1. The average Bonchev–Trinajstić information content (AvgIpc) is 3.53. The number of rotatable bonds is 16. The normalized spacial score (nSPS) is 21.5. The van der Waals surface area contributed by atoms with Gasteiger partial charge in [-0.2, -0.15) is 4.58 Å². The first-order valence-corrected chi connectivity index (χ1v) is 22.1. The molecule has 4 aliphatic rings. The fraction of sp³-hybridized carbons (Fsp3) is 0.540. The van der Waals surface area contributed by atoms with Gasteiger partial charge in [0.1, 0.15) is 6.54 Å². The highest BCUT2D eigenvalue weighted by Crippen LogP contribution is 2.48. The van der Waals surface area contributed by atoms with Gasteiger partial charge in [-0.25, -0.2) is 0 Å². The van der Waals surface area contributed by atoms with E-state index in [0.29, 0.717) is 19.0 Å². The lowest BCUT2D eigenvalue weighted by molar-refractivity contribution is -0.437. The predicted octanol–water partition coefficient (Wildman–Crippen LogP) is 7.84. The Morgan fingerprint density at radius 3 is 2.33 bits per heavy atom. The molecule has 1 N–H and O–H groups in total. The van der Waals surface area contributed by atoms with Crippen LogP contribution in [0.4, 0.5) is 11.4 Å². The van der Waals surface area contributed by atoms with Crippen molar-refractivity contribution in [2.24, 2.45) is 0 Å². The van der Waals surface area contributed by atoms with E-state index < -0.39 is 5.97 Å². The topological polar surface area (TPSA) is 67.1 Å². The molecule has 8 heteroatoms. The van der Waals surface area contributed by atoms with Gasteiger partial charge in [0.15, 0.2) is 5.71 Å². The summed E-state index contributed by atoms with van der Waals surface area (Å²) in [6.45, 7) is 20.7. The Morgan fingerprint density at radius 1 is 0.862 bits per heavy atom. The van der Waals surface area contributed by atoms with Crippen molar-refractivity contribution in [3.05, 3.63) is 107 Å². The first-order valence-electron chi connectivity index (χ1n) is 22.1. The van der Waals surface area contributed by atoms with Crippen molar-refractivity contribution in [3.63, 3.8) is 0 Å². The molecule has 0 saturated carbocycles. The Balaban J connectivity index is 0.00000641. The van der Waals surface area contributed by atoms with Crippen molar-refractivity contribution >= 4 is 29.0 Å². The van der Waals surface area contributed by atoms with Gasteiger partial charge in [0.25, 0.3) is 0 Å². The average molecular weight is 810 g/mol. The molecule has 1 unspecified atom stereocenters. The van der Waals surface area contributed by atoms with Gasteiger partial charge in [0.2, 0.25) is 11.6 Å². The van der Waals surface area contributed by atoms with Gasteiger partial charge in [-0.15, -0.1) is 0 Å². The van der Waals surface area contributed by atoms with Gasteiger partial charge in [-0.1, -0.05) is 82.7 Å². The first-order chi connectivity index (χ1) is 27.4. The highest BCUT2D eigenvalue weighted by molar-refractivity contribution is 6.03. The molecule has 1 fully saturated rings. The van der Waals surface area contributed by atoms with Crippen LogP contribution in [0.3, 0.4) is 0 Å². The second-order valence-corrected chi connectivity index (χ2v) is 17.8. The van der Waals surface area contributed by atoms with Crippen LogP contribution in [-0.2, 0) is 20.4 Å². The van der Waals surface area contributed by atoms with Crippen LogP contribution in [0.15, 0.2) is 95.4 Å². The van der Waals surface area contributed by atoms with Crippen molar-refractivity contribution in [2.45, 2.75) is 142 Å². The molecule has 2 aromatic rings. The summed E-state index contributed by atoms with van der Waals surface area (Å²) in [6, 6.07) is 18.2. The zero-order valence-corrected chi connectivity index (χ0v) is 37.2. The number of fused-ring (bicyclic) bond motifs is 2. The summed E-state index contributed by atoms with van der Waals surface area (Å²) in [5.41, 5.74) is 10.9. The van der Waals surface area contributed by atoms with E-state index in [1.54, 1.807) is 0 Å². The molecule has 0 spiro atoms. The molecule has 1 aliphatic carbocycles. The Hall–Kier alpha value is -3.94. The standard InChI is InChI=1S/C50H68N4O3.ClH/c1-8-32-52-42-24-12-10-22-40(42)49(4,5)44(52)30-28-38-20-16-21-39(29-31-45-50(6,7)41-23-11-13-25-43(41)53(45)33-9-2)48(38)54(46(55)26-17-27-47(56)57)36-18-35-51-34-15-14-19-37(51)3;/h10-13,22-25,28-31,37H,8-9,14-21,26-27,32-36H2,1-7H3;1H. The maximum atomic E-state index is 14.6. The van der Waals surface area contributed by atoms with Crippen LogP contribution in [0.25, 0.3) is 0 Å². The number of carbonyl (C=O) groups excluding carboxylic acids is 1. The zero-order chi connectivity index (χ0) is 40.7. The van der Waals surface area contributed by atoms with Crippen LogP contribution >= 0.6 is 0 Å². The number of anilines is 1. The number of carbonyl (C=O) groups is 2. The molecule has 0 radical (unpaired) electrons. The highest BCUT2D eigenvalue weighted by Gasteiger charge is 2.44. The molecule has 58 heavy (non-hydrogen) atoms. The molecular weight excluding hydrogens is 740 g/mol. The lowest BCUT2D eigenvalue weighted by Gasteiger charge is -2.35. The third-order valence-corrected chi connectivity index (χ3v) is 13.0. The number of likely N-dealkylation sites (tertiary alicyclic amines) is 1. The Kier molecular flexibility index (Phi) is 15.5. The van der Waals surface area contributed by atoms with Crippen LogP contribution in [0, 0.1) is 0 Å². The SMILES string of the molecule is CCCN1/C(=C/C=C2\CCCC(/C=C/C3=[N+](CCC)c4ccccc4C3(C)C)=C2N(CCCN2CCCCC2C)C(=O)CCCC(=O)O)C(C)(C)c2ccccc21.[Cl-]. The van der Waals surface area contributed by atoms with E-state index in [2.05, 4.69) is 141 Å². The molecule has 314 valence electrons. The number of hydrogen-bond donors (Lipinski definition) is 1. The molecule has 3 heterocycles. The monoisotopic (exact) mass is 809 g/mol. The zero-order valence-electron chi connectivity index (χ0n) is 36.5. The van der Waals surface area contributed by atoms with Crippen molar-refractivity contribution in [3.8, 4) is 0 Å². The summed E-state index contributed by atoms with van der Waals surface area (Å²) in [4.78, 5) is 33.3. The second-order valence-electron chi connectivity index (χ2n) is 17.8. The van der Waals surface area contributed by atoms with Crippen LogP contribution in [-0.4, -0.2) is 75.8 Å². The summed E-state index contributed by atoms with van der Waals surface area (Å²) >= 11 is 0. The number of hydrogen-bond acceptors (Lipinski definition) is 4. The van der Waals surface area contributed by atoms with Gasteiger partial charge < -0.3 is 32.2 Å². The molecule has 0 bridgehead atoms. The van der Waals surface area contributed by atoms with Crippen LogP contribution in [0.5, 0.6) is 0 Å². The number of allylic oxidation sites excluding steroid dienone is 7. The number of carboxylic acids is 1. The largest absolute Gasteiger partial charge is 1.00 e. The van der Waals surface area contributed by atoms with E-state index in [9.17, 15) is 14.7 Å². The second kappa shape index (κ2) is 19.9. The van der Waals surface area contributed by atoms with Gasteiger partial charge in [0.05, 0.1) is 5.41 Å². The molecule has 7 nitrogen and oxygen atoms in total. The van der Waals surface area contributed by atoms with Gasteiger partial charge in [0, 0.05) is 85.1 Å². The first kappa shape index (κ1) is 45.1. The number of benzene rings is 2. The number of carboxylic acid groups (broad SMARTS) is 1. The van der Waals surface area contributed by atoms with E-state index >= 15 is 0 Å². The third-order valence-electron chi connectivity index (χ3n) is 13.0. The molecule has 3 aliphatic heterocycles.